The van der Waals surface area contributed by atoms with E-state index >= 15 is 0 Å². The summed E-state index contributed by atoms with van der Waals surface area (Å²) in [5.74, 6) is 0.908. The number of phenolic OH excluding ortho intramolecular Hbond substituents is 1. The van der Waals surface area contributed by atoms with Gasteiger partial charge in [-0.15, -0.1) is 0 Å². The summed E-state index contributed by atoms with van der Waals surface area (Å²) in [6.07, 6.45) is -0.223. The Morgan fingerprint density at radius 1 is 1.44 bits per heavy atom. The summed E-state index contributed by atoms with van der Waals surface area (Å²) in [5, 5.41) is 13.6. The number of aryl methyl sites for hydroxylation is 1. The van der Waals surface area contributed by atoms with Crippen molar-refractivity contribution < 1.29 is 14.4 Å². The molecule has 96 valence electrons. The average molecular weight is 248 g/mol. The molecule has 0 aliphatic heterocycles. The minimum atomic E-state index is -0.223. The molecule has 0 fully saturated rings. The Hall–Kier alpha value is -1.88. The molecule has 2 rings (SSSR count). The van der Waals surface area contributed by atoms with Crippen molar-refractivity contribution in [3.63, 3.8) is 0 Å². The first kappa shape index (κ1) is 12.6. The van der Waals surface area contributed by atoms with Gasteiger partial charge in [0.2, 0.25) is 5.82 Å². The smallest absolute Gasteiger partial charge is 0.261 e. The molecule has 0 bridgehead atoms. The summed E-state index contributed by atoms with van der Waals surface area (Å²) in [6, 6.07) is 5.23. The molecule has 0 saturated carbocycles. The third kappa shape index (κ3) is 2.51. The van der Waals surface area contributed by atoms with Crippen LogP contribution in [0.1, 0.15) is 31.3 Å². The average Bonchev–Trinajstić information content (AvgIpc) is 2.82. The summed E-state index contributed by atoms with van der Waals surface area (Å²) < 4.78 is 10.5. The van der Waals surface area contributed by atoms with Crippen LogP contribution in [0.5, 0.6) is 5.75 Å². The molecule has 0 radical (unpaired) electrons. The molecule has 18 heavy (non-hydrogen) atoms. The van der Waals surface area contributed by atoms with Crippen LogP contribution in [0.2, 0.25) is 0 Å². The lowest BCUT2D eigenvalue weighted by Crippen LogP contribution is -2.01. The fourth-order valence-corrected chi connectivity index (χ4v) is 1.66. The van der Waals surface area contributed by atoms with Crippen LogP contribution in [0.15, 0.2) is 22.7 Å². The Labute approximate surface area is 105 Å². The number of aromatic hydroxyl groups is 1. The summed E-state index contributed by atoms with van der Waals surface area (Å²) in [6.45, 7) is 6.28. The van der Waals surface area contributed by atoms with Crippen LogP contribution < -0.4 is 0 Å². The molecule has 0 amide bonds. The van der Waals surface area contributed by atoms with Gasteiger partial charge in [-0.05, 0) is 32.9 Å². The van der Waals surface area contributed by atoms with E-state index in [4.69, 9.17) is 9.26 Å². The second kappa shape index (κ2) is 5.18. The SMILES string of the molecule is CCOC(C)c1noc(-c2cc(C)ccc2O)n1. The Morgan fingerprint density at radius 3 is 2.94 bits per heavy atom. The molecular weight excluding hydrogens is 232 g/mol. The fraction of sp³-hybridized carbons (Fsp3) is 0.385. The quantitative estimate of drug-likeness (QED) is 0.901. The van der Waals surface area contributed by atoms with Gasteiger partial charge in [0.25, 0.3) is 5.89 Å². The number of aromatic nitrogens is 2. The van der Waals surface area contributed by atoms with Crippen molar-refractivity contribution in [2.24, 2.45) is 0 Å². The van der Waals surface area contributed by atoms with Gasteiger partial charge in [0.15, 0.2) is 0 Å². The van der Waals surface area contributed by atoms with E-state index in [0.717, 1.165) is 5.56 Å². The topological polar surface area (TPSA) is 68.4 Å². The Morgan fingerprint density at radius 2 is 2.22 bits per heavy atom. The molecular formula is C13H16N2O3. The number of ether oxygens (including phenoxy) is 1. The van der Waals surface area contributed by atoms with Crippen molar-refractivity contribution >= 4 is 0 Å². The monoisotopic (exact) mass is 248 g/mol. The van der Waals surface area contributed by atoms with Crippen molar-refractivity contribution in [3.05, 3.63) is 29.6 Å². The van der Waals surface area contributed by atoms with Crippen LogP contribution in [0.25, 0.3) is 11.5 Å². The molecule has 0 spiro atoms. The van der Waals surface area contributed by atoms with E-state index < -0.39 is 0 Å². The van der Waals surface area contributed by atoms with Crippen LogP contribution in [-0.2, 0) is 4.74 Å². The summed E-state index contributed by atoms with van der Waals surface area (Å²) in [5.41, 5.74) is 1.55. The molecule has 0 aliphatic carbocycles. The van der Waals surface area contributed by atoms with Crippen molar-refractivity contribution in [3.8, 4) is 17.2 Å². The Bertz CT molecular complexity index is 537. The van der Waals surface area contributed by atoms with Gasteiger partial charge in [-0.2, -0.15) is 4.98 Å². The first-order chi connectivity index (χ1) is 8.61. The van der Waals surface area contributed by atoms with E-state index in [9.17, 15) is 5.11 Å². The third-order valence-corrected chi connectivity index (χ3v) is 2.60. The molecule has 0 aliphatic rings. The molecule has 1 N–H and O–H groups in total. The Kier molecular flexibility index (Phi) is 3.62. The third-order valence-electron chi connectivity index (χ3n) is 2.60. The van der Waals surface area contributed by atoms with E-state index in [2.05, 4.69) is 10.1 Å². The van der Waals surface area contributed by atoms with E-state index in [1.54, 1.807) is 12.1 Å². The highest BCUT2D eigenvalue weighted by Crippen LogP contribution is 2.29. The van der Waals surface area contributed by atoms with Gasteiger partial charge < -0.3 is 14.4 Å². The van der Waals surface area contributed by atoms with Crippen LogP contribution in [0, 0.1) is 6.92 Å². The molecule has 1 aromatic carbocycles. The predicted molar refractivity (Wildman–Crippen MR) is 66.2 cm³/mol. The number of nitrogens with zero attached hydrogens (tertiary/aromatic N) is 2. The van der Waals surface area contributed by atoms with Gasteiger partial charge >= 0.3 is 0 Å². The largest absolute Gasteiger partial charge is 0.507 e. The minimum absolute atomic E-state index is 0.125. The van der Waals surface area contributed by atoms with Gasteiger partial charge in [0.1, 0.15) is 11.9 Å². The molecule has 1 heterocycles. The van der Waals surface area contributed by atoms with E-state index in [1.165, 1.54) is 0 Å². The first-order valence-corrected chi connectivity index (χ1v) is 5.87. The molecule has 1 atom stereocenters. The maximum absolute atomic E-state index is 9.78. The second-order valence-electron chi connectivity index (χ2n) is 4.08. The van der Waals surface area contributed by atoms with Crippen LogP contribution >= 0.6 is 0 Å². The van der Waals surface area contributed by atoms with Crippen molar-refractivity contribution in [1.82, 2.24) is 10.1 Å². The highest BCUT2D eigenvalue weighted by atomic mass is 16.5. The zero-order valence-electron chi connectivity index (χ0n) is 10.7. The summed E-state index contributed by atoms with van der Waals surface area (Å²) in [7, 11) is 0. The van der Waals surface area contributed by atoms with Crippen LogP contribution in [0.3, 0.4) is 0 Å². The lowest BCUT2D eigenvalue weighted by atomic mass is 10.1. The standard InChI is InChI=1S/C13H16N2O3/c1-4-17-9(3)12-14-13(18-15-12)10-7-8(2)5-6-11(10)16/h5-7,9,16H,4H2,1-3H3. The molecule has 5 nitrogen and oxygen atoms in total. The summed E-state index contributed by atoms with van der Waals surface area (Å²) in [4.78, 5) is 4.24. The van der Waals surface area contributed by atoms with Crippen molar-refractivity contribution in [1.29, 1.82) is 0 Å². The molecule has 1 aromatic heterocycles. The fourth-order valence-electron chi connectivity index (χ4n) is 1.66. The lowest BCUT2D eigenvalue weighted by molar-refractivity contribution is 0.0683. The second-order valence-corrected chi connectivity index (χ2v) is 4.08. The zero-order valence-corrected chi connectivity index (χ0v) is 10.7. The zero-order chi connectivity index (χ0) is 13.1. The predicted octanol–water partition coefficient (Wildman–Crippen LogP) is 2.85. The Balaban J connectivity index is 2.32. The van der Waals surface area contributed by atoms with Crippen molar-refractivity contribution in [2.75, 3.05) is 6.61 Å². The molecule has 1 unspecified atom stereocenters. The van der Waals surface area contributed by atoms with E-state index in [0.29, 0.717) is 23.9 Å². The first-order valence-electron chi connectivity index (χ1n) is 5.87. The van der Waals surface area contributed by atoms with Gasteiger partial charge in [-0.25, -0.2) is 0 Å². The van der Waals surface area contributed by atoms with Gasteiger partial charge in [-0.3, -0.25) is 0 Å². The number of phenols is 1. The number of benzene rings is 1. The number of hydrogen-bond acceptors (Lipinski definition) is 5. The number of rotatable bonds is 4. The molecule has 5 heteroatoms. The van der Waals surface area contributed by atoms with Crippen molar-refractivity contribution in [2.45, 2.75) is 26.9 Å². The highest BCUT2D eigenvalue weighted by molar-refractivity contribution is 5.63. The number of hydrogen-bond donors (Lipinski definition) is 1. The van der Waals surface area contributed by atoms with E-state index in [-0.39, 0.29) is 11.9 Å². The van der Waals surface area contributed by atoms with Gasteiger partial charge in [-0.1, -0.05) is 16.8 Å². The highest BCUT2D eigenvalue weighted by Gasteiger charge is 2.17. The minimum Gasteiger partial charge on any atom is -0.507 e. The normalized spacial score (nSPS) is 12.6. The summed E-state index contributed by atoms with van der Waals surface area (Å²) >= 11 is 0. The maximum atomic E-state index is 9.78. The molecule has 0 saturated heterocycles. The van der Waals surface area contributed by atoms with Gasteiger partial charge in [0, 0.05) is 6.61 Å². The van der Waals surface area contributed by atoms with Crippen LogP contribution in [-0.4, -0.2) is 21.9 Å². The maximum Gasteiger partial charge on any atom is 0.261 e. The van der Waals surface area contributed by atoms with E-state index in [1.807, 2.05) is 26.8 Å². The molecule has 2 aromatic rings. The van der Waals surface area contributed by atoms with Gasteiger partial charge in [0.05, 0.1) is 5.56 Å². The lowest BCUT2D eigenvalue weighted by Gasteiger charge is -2.04. The van der Waals surface area contributed by atoms with Crippen LogP contribution in [0.4, 0.5) is 0 Å².